The molecule has 1 fully saturated rings. The van der Waals surface area contributed by atoms with Gasteiger partial charge in [0.25, 0.3) is 17.7 Å². The molecule has 35 heavy (non-hydrogen) atoms. The fourth-order valence-electron chi connectivity index (χ4n) is 4.95. The molecule has 6 heteroatoms. The Morgan fingerprint density at radius 3 is 2.11 bits per heavy atom. The summed E-state index contributed by atoms with van der Waals surface area (Å²) in [5.41, 5.74) is 4.75. The third-order valence-corrected chi connectivity index (χ3v) is 6.82. The standard InChI is InChI=1S/C29H29N3O3/c1-20-6-4-7-21(16-20)18-31-14-12-24(13-15-31)30-27(33)23-9-5-8-22(17-23)19-32-28(34)25-10-2-3-11-26(25)29(32)35/h2-11,16-17,24H,12-15,18-19H2,1H3,(H,30,33). The molecule has 2 heterocycles. The molecule has 5 rings (SSSR count). The number of rotatable bonds is 6. The van der Waals surface area contributed by atoms with Gasteiger partial charge in [0.05, 0.1) is 17.7 Å². The van der Waals surface area contributed by atoms with Gasteiger partial charge in [-0.2, -0.15) is 0 Å². The van der Waals surface area contributed by atoms with E-state index in [1.807, 2.05) is 6.07 Å². The van der Waals surface area contributed by atoms with Crippen molar-refractivity contribution >= 4 is 17.7 Å². The Morgan fingerprint density at radius 2 is 1.46 bits per heavy atom. The number of hydrogen-bond donors (Lipinski definition) is 1. The molecule has 0 radical (unpaired) electrons. The number of amides is 3. The number of nitrogens with one attached hydrogen (secondary N) is 1. The normalized spacial score (nSPS) is 16.4. The molecule has 0 unspecified atom stereocenters. The van der Waals surface area contributed by atoms with Crippen LogP contribution in [0.25, 0.3) is 0 Å². The van der Waals surface area contributed by atoms with Crippen molar-refractivity contribution in [2.45, 2.75) is 38.9 Å². The number of piperidine rings is 1. The van der Waals surface area contributed by atoms with Crippen molar-refractivity contribution in [2.75, 3.05) is 13.1 Å². The van der Waals surface area contributed by atoms with Gasteiger partial charge < -0.3 is 5.32 Å². The van der Waals surface area contributed by atoms with E-state index in [4.69, 9.17) is 0 Å². The van der Waals surface area contributed by atoms with Crippen LogP contribution < -0.4 is 5.32 Å². The fraction of sp³-hybridized carbons (Fsp3) is 0.276. The summed E-state index contributed by atoms with van der Waals surface area (Å²) in [5, 5.41) is 3.17. The van der Waals surface area contributed by atoms with Gasteiger partial charge in [-0.05, 0) is 55.2 Å². The maximum atomic E-state index is 12.9. The molecule has 3 aromatic rings. The third-order valence-electron chi connectivity index (χ3n) is 6.82. The van der Waals surface area contributed by atoms with Crippen molar-refractivity contribution in [2.24, 2.45) is 0 Å². The highest BCUT2D eigenvalue weighted by Crippen LogP contribution is 2.24. The first kappa shape index (κ1) is 23.0. The molecule has 3 amide bonds. The van der Waals surface area contributed by atoms with Crippen molar-refractivity contribution in [3.63, 3.8) is 0 Å². The minimum absolute atomic E-state index is 0.119. The summed E-state index contributed by atoms with van der Waals surface area (Å²) >= 11 is 0. The van der Waals surface area contributed by atoms with Crippen LogP contribution in [0.2, 0.25) is 0 Å². The Morgan fingerprint density at radius 1 is 0.829 bits per heavy atom. The van der Waals surface area contributed by atoms with Crippen LogP contribution in [-0.4, -0.2) is 46.7 Å². The van der Waals surface area contributed by atoms with Gasteiger partial charge in [-0.15, -0.1) is 0 Å². The SMILES string of the molecule is Cc1cccc(CN2CCC(NC(=O)c3cccc(CN4C(=O)c5ccccc5C4=O)c3)CC2)c1. The lowest BCUT2D eigenvalue weighted by atomic mass is 10.0. The van der Waals surface area contributed by atoms with Crippen LogP contribution in [0.3, 0.4) is 0 Å². The molecule has 6 nitrogen and oxygen atoms in total. The molecule has 1 N–H and O–H groups in total. The van der Waals surface area contributed by atoms with Crippen LogP contribution in [0, 0.1) is 6.92 Å². The number of nitrogens with zero attached hydrogens (tertiary/aromatic N) is 2. The monoisotopic (exact) mass is 467 g/mol. The lowest BCUT2D eigenvalue weighted by Crippen LogP contribution is -2.44. The van der Waals surface area contributed by atoms with Gasteiger partial charge in [0.1, 0.15) is 0 Å². The molecule has 0 aromatic heterocycles. The number of fused-ring (bicyclic) bond motifs is 1. The molecule has 2 aliphatic heterocycles. The van der Waals surface area contributed by atoms with E-state index < -0.39 is 0 Å². The number of carbonyl (C=O) groups excluding carboxylic acids is 3. The van der Waals surface area contributed by atoms with Crippen LogP contribution in [-0.2, 0) is 13.1 Å². The maximum absolute atomic E-state index is 12.9. The van der Waals surface area contributed by atoms with Gasteiger partial charge in [0.2, 0.25) is 0 Å². The molecule has 178 valence electrons. The van der Waals surface area contributed by atoms with Gasteiger partial charge >= 0.3 is 0 Å². The highest BCUT2D eigenvalue weighted by atomic mass is 16.2. The molecule has 0 atom stereocenters. The Hall–Kier alpha value is -3.77. The topological polar surface area (TPSA) is 69.7 Å². The van der Waals surface area contributed by atoms with Crippen molar-refractivity contribution in [1.29, 1.82) is 0 Å². The molecule has 0 aliphatic carbocycles. The smallest absolute Gasteiger partial charge is 0.261 e. The predicted octanol–water partition coefficient (Wildman–Crippen LogP) is 4.19. The summed E-state index contributed by atoms with van der Waals surface area (Å²) < 4.78 is 0. The second-order valence-electron chi connectivity index (χ2n) is 9.46. The molecule has 0 bridgehead atoms. The van der Waals surface area contributed by atoms with E-state index in [-0.39, 0.29) is 30.3 Å². The maximum Gasteiger partial charge on any atom is 0.261 e. The van der Waals surface area contributed by atoms with Crippen LogP contribution in [0.1, 0.15) is 60.6 Å². The average molecular weight is 468 g/mol. The fourth-order valence-corrected chi connectivity index (χ4v) is 4.95. The van der Waals surface area contributed by atoms with Gasteiger partial charge in [-0.3, -0.25) is 24.2 Å². The van der Waals surface area contributed by atoms with E-state index in [1.54, 1.807) is 42.5 Å². The highest BCUT2D eigenvalue weighted by molar-refractivity contribution is 6.21. The summed E-state index contributed by atoms with van der Waals surface area (Å²) in [5.74, 6) is -0.706. The molecule has 0 saturated carbocycles. The zero-order chi connectivity index (χ0) is 24.4. The second-order valence-corrected chi connectivity index (χ2v) is 9.46. The van der Waals surface area contributed by atoms with E-state index in [0.29, 0.717) is 16.7 Å². The van der Waals surface area contributed by atoms with E-state index in [1.165, 1.54) is 16.0 Å². The lowest BCUT2D eigenvalue weighted by molar-refractivity contribution is 0.0642. The van der Waals surface area contributed by atoms with E-state index in [9.17, 15) is 14.4 Å². The Labute approximate surface area is 205 Å². The molecular formula is C29H29N3O3. The first-order valence-corrected chi connectivity index (χ1v) is 12.1. The highest BCUT2D eigenvalue weighted by Gasteiger charge is 2.35. The number of aryl methyl sites for hydroxylation is 1. The largest absolute Gasteiger partial charge is 0.349 e. The van der Waals surface area contributed by atoms with E-state index in [2.05, 4.69) is 41.4 Å². The van der Waals surface area contributed by atoms with Gasteiger partial charge in [0.15, 0.2) is 0 Å². The number of likely N-dealkylation sites (tertiary alicyclic amines) is 1. The summed E-state index contributed by atoms with van der Waals surface area (Å²) in [7, 11) is 0. The Kier molecular flexibility index (Phi) is 6.47. The summed E-state index contributed by atoms with van der Waals surface area (Å²) in [4.78, 5) is 42.0. The minimum atomic E-state index is -0.294. The number of carbonyl (C=O) groups is 3. The third kappa shape index (κ3) is 5.03. The summed E-state index contributed by atoms with van der Waals surface area (Å²) in [6, 6.07) is 22.8. The molecule has 0 spiro atoms. The Balaban J connectivity index is 1.16. The van der Waals surface area contributed by atoms with Crippen LogP contribution >= 0.6 is 0 Å². The van der Waals surface area contributed by atoms with E-state index in [0.717, 1.165) is 38.0 Å². The van der Waals surface area contributed by atoms with E-state index >= 15 is 0 Å². The van der Waals surface area contributed by atoms with Crippen molar-refractivity contribution < 1.29 is 14.4 Å². The average Bonchev–Trinajstić information content (AvgIpc) is 3.10. The van der Waals surface area contributed by atoms with Crippen LogP contribution in [0.4, 0.5) is 0 Å². The molecular weight excluding hydrogens is 438 g/mol. The summed E-state index contributed by atoms with van der Waals surface area (Å²) in [6.45, 7) is 5.07. The molecule has 1 saturated heterocycles. The first-order valence-electron chi connectivity index (χ1n) is 12.1. The lowest BCUT2D eigenvalue weighted by Gasteiger charge is -2.32. The second kappa shape index (κ2) is 9.84. The molecule has 3 aromatic carbocycles. The predicted molar refractivity (Wildman–Crippen MR) is 134 cm³/mol. The number of hydrogen-bond acceptors (Lipinski definition) is 4. The van der Waals surface area contributed by atoms with Gasteiger partial charge in [-0.25, -0.2) is 0 Å². The van der Waals surface area contributed by atoms with Crippen LogP contribution in [0.15, 0.2) is 72.8 Å². The Bertz CT molecular complexity index is 1240. The number of imide groups is 1. The quantitative estimate of drug-likeness (QED) is 0.552. The first-order chi connectivity index (χ1) is 17.0. The zero-order valence-electron chi connectivity index (χ0n) is 19.9. The number of benzene rings is 3. The van der Waals surface area contributed by atoms with Crippen molar-refractivity contribution in [3.05, 3.63) is 106 Å². The van der Waals surface area contributed by atoms with Gasteiger partial charge in [-0.1, -0.05) is 54.1 Å². The van der Waals surface area contributed by atoms with Crippen LogP contribution in [0.5, 0.6) is 0 Å². The zero-order valence-corrected chi connectivity index (χ0v) is 19.9. The summed E-state index contributed by atoms with van der Waals surface area (Å²) in [6.07, 6.45) is 1.82. The minimum Gasteiger partial charge on any atom is -0.349 e. The van der Waals surface area contributed by atoms with Crippen molar-refractivity contribution in [1.82, 2.24) is 15.1 Å². The molecule has 2 aliphatic rings. The van der Waals surface area contributed by atoms with Gasteiger partial charge in [0, 0.05) is 31.2 Å². The van der Waals surface area contributed by atoms with Crippen molar-refractivity contribution in [3.8, 4) is 0 Å².